The van der Waals surface area contributed by atoms with Crippen LogP contribution in [0.5, 0.6) is 0 Å². The van der Waals surface area contributed by atoms with E-state index in [1.165, 1.54) is 11.3 Å². The van der Waals surface area contributed by atoms with Crippen molar-refractivity contribution in [3.8, 4) is 10.6 Å². The second-order valence-electron chi connectivity index (χ2n) is 4.27. The van der Waals surface area contributed by atoms with Crippen molar-refractivity contribution < 1.29 is 4.79 Å². The van der Waals surface area contributed by atoms with E-state index in [2.05, 4.69) is 15.4 Å². The summed E-state index contributed by atoms with van der Waals surface area (Å²) in [5.74, 6) is -0.0540. The number of carbonyl (C=O) groups excluding carboxylic acids is 1. The van der Waals surface area contributed by atoms with Gasteiger partial charge in [-0.05, 0) is 7.05 Å². The molecule has 6 nitrogen and oxygen atoms in total. The number of thiazole rings is 1. The standard InChI is InChI=1S/C12H17N5OS/c1-13-4-5-16(2)12(18)10-8-19-11(15-10)9-6-14-17(3)7-9/h6-8,13H,4-5H2,1-3H3. The van der Waals surface area contributed by atoms with Crippen molar-refractivity contribution in [2.75, 3.05) is 27.2 Å². The zero-order chi connectivity index (χ0) is 13.8. The maximum absolute atomic E-state index is 12.1. The van der Waals surface area contributed by atoms with Gasteiger partial charge >= 0.3 is 0 Å². The van der Waals surface area contributed by atoms with Crippen LogP contribution in [0.15, 0.2) is 17.8 Å². The van der Waals surface area contributed by atoms with E-state index in [0.29, 0.717) is 12.2 Å². The normalized spacial score (nSPS) is 10.7. The first-order valence-electron chi connectivity index (χ1n) is 5.96. The molecule has 19 heavy (non-hydrogen) atoms. The maximum Gasteiger partial charge on any atom is 0.273 e. The molecule has 2 aromatic heterocycles. The Morgan fingerprint density at radius 3 is 3.00 bits per heavy atom. The molecule has 0 unspecified atom stereocenters. The summed E-state index contributed by atoms with van der Waals surface area (Å²) in [5, 5.41) is 9.73. The van der Waals surface area contributed by atoms with Gasteiger partial charge in [0.15, 0.2) is 0 Å². The van der Waals surface area contributed by atoms with Crippen LogP contribution in [0.4, 0.5) is 0 Å². The molecule has 0 atom stereocenters. The number of hydrogen-bond donors (Lipinski definition) is 1. The van der Waals surface area contributed by atoms with Crippen molar-refractivity contribution in [1.29, 1.82) is 0 Å². The van der Waals surface area contributed by atoms with Gasteiger partial charge in [-0.1, -0.05) is 0 Å². The highest BCUT2D eigenvalue weighted by molar-refractivity contribution is 7.13. The largest absolute Gasteiger partial charge is 0.339 e. The number of aromatic nitrogens is 3. The lowest BCUT2D eigenvalue weighted by atomic mass is 10.3. The van der Waals surface area contributed by atoms with Crippen molar-refractivity contribution >= 4 is 17.2 Å². The minimum Gasteiger partial charge on any atom is -0.339 e. The molecule has 0 bridgehead atoms. The van der Waals surface area contributed by atoms with Crippen molar-refractivity contribution in [3.63, 3.8) is 0 Å². The van der Waals surface area contributed by atoms with Gasteiger partial charge in [-0.15, -0.1) is 11.3 Å². The lowest BCUT2D eigenvalue weighted by Gasteiger charge is -2.15. The second-order valence-corrected chi connectivity index (χ2v) is 5.13. The van der Waals surface area contributed by atoms with Crippen LogP contribution >= 0.6 is 11.3 Å². The van der Waals surface area contributed by atoms with E-state index in [-0.39, 0.29) is 5.91 Å². The molecule has 0 saturated carbocycles. The Labute approximate surface area is 116 Å². The first kappa shape index (κ1) is 13.7. The summed E-state index contributed by atoms with van der Waals surface area (Å²) in [6.07, 6.45) is 3.63. The Kier molecular flexibility index (Phi) is 4.28. The molecule has 0 saturated heterocycles. The number of amides is 1. The number of nitrogens with one attached hydrogen (secondary N) is 1. The zero-order valence-corrected chi connectivity index (χ0v) is 12.1. The average Bonchev–Trinajstić information content (AvgIpc) is 3.03. The number of hydrogen-bond acceptors (Lipinski definition) is 5. The van der Waals surface area contributed by atoms with Gasteiger partial charge in [0.1, 0.15) is 10.7 Å². The SMILES string of the molecule is CNCCN(C)C(=O)c1csc(-c2cnn(C)c2)n1. The summed E-state index contributed by atoms with van der Waals surface area (Å²) in [4.78, 5) is 18.2. The average molecular weight is 279 g/mol. The Morgan fingerprint density at radius 1 is 1.58 bits per heavy atom. The minimum absolute atomic E-state index is 0.0540. The predicted molar refractivity (Wildman–Crippen MR) is 75.2 cm³/mol. The van der Waals surface area contributed by atoms with E-state index in [1.54, 1.807) is 28.2 Å². The lowest BCUT2D eigenvalue weighted by molar-refractivity contribution is 0.0792. The molecule has 1 amide bonds. The molecule has 0 spiro atoms. The second kappa shape index (κ2) is 5.94. The Bertz CT molecular complexity index is 562. The van der Waals surface area contributed by atoms with E-state index in [4.69, 9.17) is 0 Å². The van der Waals surface area contributed by atoms with Crippen LogP contribution in [-0.4, -0.2) is 52.8 Å². The molecule has 7 heteroatoms. The molecule has 0 radical (unpaired) electrons. The molecule has 0 aromatic carbocycles. The molecular weight excluding hydrogens is 262 g/mol. The van der Waals surface area contributed by atoms with Gasteiger partial charge in [0.2, 0.25) is 0 Å². The van der Waals surface area contributed by atoms with Crippen molar-refractivity contribution in [2.24, 2.45) is 7.05 Å². The fourth-order valence-electron chi connectivity index (χ4n) is 1.61. The molecule has 0 aliphatic rings. The van der Waals surface area contributed by atoms with E-state index in [0.717, 1.165) is 17.1 Å². The lowest BCUT2D eigenvalue weighted by Crippen LogP contribution is -2.32. The van der Waals surface area contributed by atoms with Crippen LogP contribution in [0.25, 0.3) is 10.6 Å². The molecular formula is C12H17N5OS. The van der Waals surface area contributed by atoms with Crippen molar-refractivity contribution in [1.82, 2.24) is 25.0 Å². The van der Waals surface area contributed by atoms with Crippen molar-refractivity contribution in [3.05, 3.63) is 23.5 Å². The van der Waals surface area contributed by atoms with E-state index < -0.39 is 0 Å². The van der Waals surface area contributed by atoms with Gasteiger partial charge in [0.05, 0.1) is 6.20 Å². The van der Waals surface area contributed by atoms with Crippen LogP contribution < -0.4 is 5.32 Å². The summed E-state index contributed by atoms with van der Waals surface area (Å²) in [5.41, 5.74) is 1.42. The molecule has 0 aliphatic carbocycles. The Morgan fingerprint density at radius 2 is 2.37 bits per heavy atom. The number of likely N-dealkylation sites (N-methyl/N-ethyl adjacent to an activating group) is 2. The number of carbonyl (C=O) groups is 1. The summed E-state index contributed by atoms with van der Waals surface area (Å²) in [6.45, 7) is 1.43. The number of aryl methyl sites for hydroxylation is 1. The summed E-state index contributed by atoms with van der Waals surface area (Å²) >= 11 is 1.46. The van der Waals surface area contributed by atoms with Gasteiger partial charge in [-0.25, -0.2) is 4.98 Å². The highest BCUT2D eigenvalue weighted by Crippen LogP contribution is 2.23. The first-order valence-corrected chi connectivity index (χ1v) is 6.84. The predicted octanol–water partition coefficient (Wildman–Crippen LogP) is 0.835. The van der Waals surface area contributed by atoms with E-state index in [1.807, 2.05) is 20.3 Å². The third-order valence-electron chi connectivity index (χ3n) is 2.72. The molecule has 102 valence electrons. The van der Waals surface area contributed by atoms with Gasteiger partial charge in [-0.3, -0.25) is 9.48 Å². The molecule has 0 fully saturated rings. The highest BCUT2D eigenvalue weighted by Gasteiger charge is 2.16. The zero-order valence-electron chi connectivity index (χ0n) is 11.3. The van der Waals surface area contributed by atoms with Crippen LogP contribution in [0.2, 0.25) is 0 Å². The van der Waals surface area contributed by atoms with E-state index >= 15 is 0 Å². The molecule has 2 aromatic rings. The monoisotopic (exact) mass is 279 g/mol. The van der Waals surface area contributed by atoms with Crippen LogP contribution in [0.3, 0.4) is 0 Å². The summed E-state index contributed by atoms with van der Waals surface area (Å²) in [6, 6.07) is 0. The van der Waals surface area contributed by atoms with Gasteiger partial charge in [0, 0.05) is 44.3 Å². The molecule has 2 rings (SSSR count). The molecule has 0 aliphatic heterocycles. The fraction of sp³-hybridized carbons (Fsp3) is 0.417. The highest BCUT2D eigenvalue weighted by atomic mass is 32.1. The maximum atomic E-state index is 12.1. The van der Waals surface area contributed by atoms with Gasteiger partial charge in [0.25, 0.3) is 5.91 Å². The Balaban J connectivity index is 2.10. The Hall–Kier alpha value is -1.73. The minimum atomic E-state index is -0.0540. The summed E-state index contributed by atoms with van der Waals surface area (Å²) < 4.78 is 1.72. The first-order chi connectivity index (χ1) is 9.11. The van der Waals surface area contributed by atoms with Gasteiger partial charge in [-0.2, -0.15) is 5.10 Å². The van der Waals surface area contributed by atoms with Crippen LogP contribution in [0.1, 0.15) is 10.5 Å². The molecule has 2 heterocycles. The quantitative estimate of drug-likeness (QED) is 0.881. The topological polar surface area (TPSA) is 63.1 Å². The number of nitrogens with zero attached hydrogens (tertiary/aromatic N) is 4. The fourth-order valence-corrected chi connectivity index (χ4v) is 2.38. The third kappa shape index (κ3) is 3.18. The number of rotatable bonds is 5. The smallest absolute Gasteiger partial charge is 0.273 e. The van der Waals surface area contributed by atoms with Crippen LogP contribution in [0, 0.1) is 0 Å². The van der Waals surface area contributed by atoms with E-state index in [9.17, 15) is 4.79 Å². The van der Waals surface area contributed by atoms with Crippen molar-refractivity contribution in [2.45, 2.75) is 0 Å². The molecule has 1 N–H and O–H groups in total. The van der Waals surface area contributed by atoms with Crippen LogP contribution in [-0.2, 0) is 7.05 Å². The van der Waals surface area contributed by atoms with Gasteiger partial charge < -0.3 is 10.2 Å². The third-order valence-corrected chi connectivity index (χ3v) is 3.61. The summed E-state index contributed by atoms with van der Waals surface area (Å²) in [7, 11) is 5.50.